The fourth-order valence-electron chi connectivity index (χ4n) is 3.11. The minimum absolute atomic E-state index is 0.0402. The van der Waals surface area contributed by atoms with Crippen molar-refractivity contribution in [2.45, 2.75) is 65.1 Å². The highest BCUT2D eigenvalue weighted by Crippen LogP contribution is 2.32. The highest BCUT2D eigenvalue weighted by atomic mass is 16.5. The summed E-state index contributed by atoms with van der Waals surface area (Å²) >= 11 is 0. The lowest BCUT2D eigenvalue weighted by Gasteiger charge is -2.38. The number of amides is 1. The maximum atomic E-state index is 12.5. The summed E-state index contributed by atoms with van der Waals surface area (Å²) in [5.74, 6) is 0.300. The molecule has 0 aromatic rings. The van der Waals surface area contributed by atoms with Crippen molar-refractivity contribution in [3.63, 3.8) is 0 Å². The van der Waals surface area contributed by atoms with Gasteiger partial charge in [0.2, 0.25) is 5.91 Å². The molecule has 2 atom stereocenters. The van der Waals surface area contributed by atoms with E-state index in [1.54, 1.807) is 0 Å². The molecule has 1 N–H and O–H groups in total. The Morgan fingerprint density at radius 2 is 2.11 bits per heavy atom. The Morgan fingerprint density at radius 3 is 2.74 bits per heavy atom. The molecule has 2 aliphatic heterocycles. The van der Waals surface area contributed by atoms with Crippen molar-refractivity contribution < 1.29 is 9.53 Å². The standard InChI is InChI=1S/C15H28N2O2/c1-4-5-6-13-14(18)17(12(2)16-13)11-15(3)7-9-19-10-8-15/h12-13,16H,4-11H2,1-3H3. The SMILES string of the molecule is CCCCC1NC(C)N(CC2(C)CCOCC2)C1=O. The van der Waals surface area contributed by atoms with E-state index in [9.17, 15) is 4.79 Å². The van der Waals surface area contributed by atoms with E-state index < -0.39 is 0 Å². The predicted octanol–water partition coefficient (Wildman–Crippen LogP) is 2.14. The number of unbranched alkanes of at least 4 members (excludes halogenated alkanes) is 1. The van der Waals surface area contributed by atoms with Crippen LogP contribution in [-0.2, 0) is 9.53 Å². The maximum absolute atomic E-state index is 12.5. The van der Waals surface area contributed by atoms with E-state index in [0.717, 1.165) is 51.9 Å². The summed E-state index contributed by atoms with van der Waals surface area (Å²) < 4.78 is 5.44. The van der Waals surface area contributed by atoms with Crippen LogP contribution in [0.5, 0.6) is 0 Å². The van der Waals surface area contributed by atoms with E-state index in [0.29, 0.717) is 5.91 Å². The van der Waals surface area contributed by atoms with Gasteiger partial charge in [-0.3, -0.25) is 10.1 Å². The number of nitrogens with zero attached hydrogens (tertiary/aromatic N) is 1. The minimum atomic E-state index is 0.0402. The molecule has 110 valence electrons. The fraction of sp³-hybridized carbons (Fsp3) is 0.933. The van der Waals surface area contributed by atoms with Gasteiger partial charge >= 0.3 is 0 Å². The van der Waals surface area contributed by atoms with Crippen LogP contribution in [0.1, 0.15) is 52.9 Å². The van der Waals surface area contributed by atoms with Gasteiger partial charge < -0.3 is 9.64 Å². The van der Waals surface area contributed by atoms with Crippen molar-refractivity contribution in [2.75, 3.05) is 19.8 Å². The van der Waals surface area contributed by atoms with Crippen LogP contribution >= 0.6 is 0 Å². The molecule has 19 heavy (non-hydrogen) atoms. The normalized spacial score (nSPS) is 30.9. The number of rotatable bonds is 5. The average molecular weight is 268 g/mol. The molecule has 2 aliphatic rings. The molecule has 4 heteroatoms. The van der Waals surface area contributed by atoms with Crippen molar-refractivity contribution >= 4 is 5.91 Å². The Bertz CT molecular complexity index is 313. The van der Waals surface area contributed by atoms with Crippen molar-refractivity contribution in [2.24, 2.45) is 5.41 Å². The summed E-state index contributed by atoms with van der Waals surface area (Å²) in [6.45, 7) is 9.09. The van der Waals surface area contributed by atoms with Crippen molar-refractivity contribution in [1.29, 1.82) is 0 Å². The number of hydrogen-bond acceptors (Lipinski definition) is 3. The molecular formula is C15H28N2O2. The third-order valence-corrected chi connectivity index (χ3v) is 4.59. The highest BCUT2D eigenvalue weighted by Gasteiger charge is 2.40. The van der Waals surface area contributed by atoms with Gasteiger partial charge in [-0.05, 0) is 31.6 Å². The van der Waals surface area contributed by atoms with Gasteiger partial charge in [-0.15, -0.1) is 0 Å². The summed E-state index contributed by atoms with van der Waals surface area (Å²) in [4.78, 5) is 14.5. The Kier molecular flexibility index (Phi) is 4.85. The molecule has 0 saturated carbocycles. The van der Waals surface area contributed by atoms with Crippen molar-refractivity contribution in [1.82, 2.24) is 10.2 Å². The second-order valence-corrected chi connectivity index (χ2v) is 6.43. The Hall–Kier alpha value is -0.610. The van der Waals surface area contributed by atoms with E-state index >= 15 is 0 Å². The van der Waals surface area contributed by atoms with Gasteiger partial charge in [0.1, 0.15) is 0 Å². The summed E-state index contributed by atoms with van der Waals surface area (Å²) in [5, 5.41) is 3.44. The maximum Gasteiger partial charge on any atom is 0.241 e. The second kappa shape index (κ2) is 6.23. The molecule has 0 spiro atoms. The predicted molar refractivity (Wildman–Crippen MR) is 75.8 cm³/mol. The van der Waals surface area contributed by atoms with Gasteiger partial charge in [0, 0.05) is 19.8 Å². The molecule has 2 heterocycles. The first-order valence-corrected chi connectivity index (χ1v) is 7.70. The van der Waals surface area contributed by atoms with Crippen molar-refractivity contribution in [3.8, 4) is 0 Å². The van der Waals surface area contributed by atoms with Crippen LogP contribution in [-0.4, -0.2) is 42.8 Å². The quantitative estimate of drug-likeness (QED) is 0.830. The Labute approximate surface area is 116 Å². The van der Waals surface area contributed by atoms with Crippen LogP contribution in [0.4, 0.5) is 0 Å². The molecule has 4 nitrogen and oxygen atoms in total. The van der Waals surface area contributed by atoms with Crippen LogP contribution in [0.2, 0.25) is 0 Å². The third-order valence-electron chi connectivity index (χ3n) is 4.59. The van der Waals surface area contributed by atoms with E-state index in [-0.39, 0.29) is 17.6 Å². The Morgan fingerprint density at radius 1 is 1.42 bits per heavy atom. The number of hydrogen-bond donors (Lipinski definition) is 1. The zero-order valence-corrected chi connectivity index (χ0v) is 12.6. The average Bonchev–Trinajstić information content (AvgIpc) is 2.64. The summed E-state index contributed by atoms with van der Waals surface area (Å²) in [6, 6.07) is 0.0402. The summed E-state index contributed by atoms with van der Waals surface area (Å²) in [6.07, 6.45) is 5.53. The van der Waals surface area contributed by atoms with Gasteiger partial charge in [0.05, 0.1) is 12.2 Å². The molecule has 2 unspecified atom stereocenters. The van der Waals surface area contributed by atoms with Crippen LogP contribution in [0, 0.1) is 5.41 Å². The van der Waals surface area contributed by atoms with Gasteiger partial charge in [-0.25, -0.2) is 0 Å². The number of ether oxygens (including phenoxy) is 1. The van der Waals surface area contributed by atoms with E-state index in [1.807, 2.05) is 4.90 Å². The molecule has 0 aromatic carbocycles. The van der Waals surface area contributed by atoms with E-state index in [2.05, 4.69) is 26.1 Å². The summed E-state index contributed by atoms with van der Waals surface area (Å²) in [7, 11) is 0. The van der Waals surface area contributed by atoms with E-state index in [4.69, 9.17) is 4.74 Å². The second-order valence-electron chi connectivity index (χ2n) is 6.43. The Balaban J connectivity index is 1.94. The molecular weight excluding hydrogens is 240 g/mol. The zero-order valence-electron chi connectivity index (χ0n) is 12.6. The monoisotopic (exact) mass is 268 g/mol. The zero-order chi connectivity index (χ0) is 13.9. The highest BCUT2D eigenvalue weighted by molar-refractivity contribution is 5.84. The van der Waals surface area contributed by atoms with Crippen molar-refractivity contribution in [3.05, 3.63) is 0 Å². The van der Waals surface area contributed by atoms with Gasteiger partial charge in [0.25, 0.3) is 0 Å². The lowest BCUT2D eigenvalue weighted by molar-refractivity contribution is -0.132. The first kappa shape index (κ1) is 14.8. The first-order valence-electron chi connectivity index (χ1n) is 7.70. The van der Waals surface area contributed by atoms with Gasteiger partial charge in [0.15, 0.2) is 0 Å². The molecule has 0 aromatic heterocycles. The molecule has 2 fully saturated rings. The van der Waals surface area contributed by atoms with Gasteiger partial charge in [-0.2, -0.15) is 0 Å². The molecule has 2 rings (SSSR count). The molecule has 1 amide bonds. The lowest BCUT2D eigenvalue weighted by atomic mass is 9.82. The smallest absolute Gasteiger partial charge is 0.241 e. The van der Waals surface area contributed by atoms with Crippen LogP contribution in [0.15, 0.2) is 0 Å². The fourth-order valence-corrected chi connectivity index (χ4v) is 3.11. The number of carbonyl (C=O) groups is 1. The van der Waals surface area contributed by atoms with E-state index in [1.165, 1.54) is 0 Å². The first-order chi connectivity index (χ1) is 9.06. The van der Waals surface area contributed by atoms with Crippen LogP contribution in [0.3, 0.4) is 0 Å². The largest absolute Gasteiger partial charge is 0.381 e. The molecule has 2 saturated heterocycles. The third kappa shape index (κ3) is 3.48. The number of nitrogens with one attached hydrogen (secondary N) is 1. The van der Waals surface area contributed by atoms with Crippen LogP contribution in [0.25, 0.3) is 0 Å². The minimum Gasteiger partial charge on any atom is -0.381 e. The molecule has 0 aliphatic carbocycles. The molecule has 0 bridgehead atoms. The topological polar surface area (TPSA) is 41.6 Å². The number of carbonyl (C=O) groups excluding carboxylic acids is 1. The van der Waals surface area contributed by atoms with Crippen LogP contribution < -0.4 is 5.32 Å². The molecule has 0 radical (unpaired) electrons. The summed E-state index contributed by atoms with van der Waals surface area (Å²) in [5.41, 5.74) is 0.226. The van der Waals surface area contributed by atoms with Gasteiger partial charge in [-0.1, -0.05) is 26.7 Å². The lowest BCUT2D eigenvalue weighted by Crippen LogP contribution is -2.44.